The molecule has 0 aliphatic rings. The zero-order chi connectivity index (χ0) is 22.9. The second-order valence-electron chi connectivity index (χ2n) is 7.76. The van der Waals surface area contributed by atoms with E-state index in [4.69, 9.17) is 14.6 Å². The molecule has 0 radical (unpaired) electrons. The molecule has 0 aliphatic heterocycles. The van der Waals surface area contributed by atoms with Crippen LogP contribution in [0.15, 0.2) is 76.5 Å². The van der Waals surface area contributed by atoms with Crippen molar-refractivity contribution in [2.24, 2.45) is 5.92 Å². The SMILES string of the molecule is CCC(CC)COc1cc(Sc2ccc(OCC(=O)O)c(C)c2)cc(-c2ccccc2)c1. The van der Waals surface area contributed by atoms with Crippen molar-refractivity contribution < 1.29 is 19.4 Å². The number of carbonyl (C=O) groups is 1. The Balaban J connectivity index is 1.85. The first kappa shape index (κ1) is 23.7. The lowest BCUT2D eigenvalue weighted by Crippen LogP contribution is -2.10. The van der Waals surface area contributed by atoms with E-state index in [1.165, 1.54) is 0 Å². The standard InChI is InChI=1S/C27H30O4S/c1-4-20(5-2)17-30-23-14-22(21-9-7-6-8-10-21)15-25(16-23)32-24-11-12-26(19(3)13-24)31-18-27(28)29/h6-16,20H,4-5,17-18H2,1-3H3,(H,28,29). The topological polar surface area (TPSA) is 55.8 Å². The van der Waals surface area contributed by atoms with E-state index in [0.717, 1.165) is 45.1 Å². The zero-order valence-corrected chi connectivity index (χ0v) is 19.7. The highest BCUT2D eigenvalue weighted by Crippen LogP contribution is 2.36. The van der Waals surface area contributed by atoms with E-state index in [9.17, 15) is 4.79 Å². The summed E-state index contributed by atoms with van der Waals surface area (Å²) in [6.07, 6.45) is 2.21. The summed E-state index contributed by atoms with van der Waals surface area (Å²) in [6.45, 7) is 6.69. The lowest BCUT2D eigenvalue weighted by atomic mass is 10.0. The van der Waals surface area contributed by atoms with Crippen molar-refractivity contribution in [2.75, 3.05) is 13.2 Å². The highest BCUT2D eigenvalue weighted by molar-refractivity contribution is 7.99. The largest absolute Gasteiger partial charge is 0.493 e. The van der Waals surface area contributed by atoms with E-state index in [2.05, 4.69) is 44.2 Å². The fraction of sp³-hybridized carbons (Fsp3) is 0.296. The highest BCUT2D eigenvalue weighted by atomic mass is 32.2. The molecule has 0 saturated carbocycles. The fourth-order valence-corrected chi connectivity index (χ4v) is 4.38. The van der Waals surface area contributed by atoms with E-state index >= 15 is 0 Å². The van der Waals surface area contributed by atoms with Gasteiger partial charge in [0, 0.05) is 9.79 Å². The van der Waals surface area contributed by atoms with Crippen molar-refractivity contribution in [1.29, 1.82) is 0 Å². The van der Waals surface area contributed by atoms with Gasteiger partial charge in [0.15, 0.2) is 6.61 Å². The van der Waals surface area contributed by atoms with Crippen LogP contribution in [-0.4, -0.2) is 24.3 Å². The normalized spacial score (nSPS) is 10.9. The summed E-state index contributed by atoms with van der Waals surface area (Å²) in [5.41, 5.74) is 3.17. The van der Waals surface area contributed by atoms with Gasteiger partial charge in [0.1, 0.15) is 11.5 Å². The lowest BCUT2D eigenvalue weighted by Gasteiger charge is -2.16. The number of aliphatic carboxylic acids is 1. The van der Waals surface area contributed by atoms with E-state index < -0.39 is 5.97 Å². The molecule has 0 atom stereocenters. The van der Waals surface area contributed by atoms with E-state index in [1.54, 1.807) is 11.8 Å². The van der Waals surface area contributed by atoms with Crippen LogP contribution in [0.5, 0.6) is 11.5 Å². The summed E-state index contributed by atoms with van der Waals surface area (Å²) in [5.74, 6) is 1.02. The Hall–Kier alpha value is -2.92. The average Bonchev–Trinajstić information content (AvgIpc) is 2.79. The van der Waals surface area contributed by atoms with E-state index in [-0.39, 0.29) is 6.61 Å². The molecule has 3 aromatic carbocycles. The molecule has 3 rings (SSSR count). The van der Waals surface area contributed by atoms with Crippen LogP contribution in [0.3, 0.4) is 0 Å². The summed E-state index contributed by atoms with van der Waals surface area (Å²) in [6, 6.07) is 22.5. The van der Waals surface area contributed by atoms with Crippen LogP contribution in [0.25, 0.3) is 11.1 Å². The first-order valence-corrected chi connectivity index (χ1v) is 11.8. The van der Waals surface area contributed by atoms with Crippen LogP contribution in [0.2, 0.25) is 0 Å². The van der Waals surface area contributed by atoms with Gasteiger partial charge in [-0.1, -0.05) is 68.8 Å². The van der Waals surface area contributed by atoms with Crippen molar-refractivity contribution in [3.63, 3.8) is 0 Å². The maximum absolute atomic E-state index is 10.8. The molecule has 0 heterocycles. The second kappa shape index (κ2) is 11.6. The maximum atomic E-state index is 10.8. The minimum atomic E-state index is -0.985. The Bertz CT molecular complexity index is 1030. The van der Waals surface area contributed by atoms with Gasteiger partial charge in [-0.05, 0) is 65.9 Å². The Morgan fingerprint density at radius 3 is 2.31 bits per heavy atom. The smallest absolute Gasteiger partial charge is 0.341 e. The van der Waals surface area contributed by atoms with Gasteiger partial charge in [0.2, 0.25) is 0 Å². The highest BCUT2D eigenvalue weighted by Gasteiger charge is 2.10. The first-order valence-electron chi connectivity index (χ1n) is 10.9. The third-order valence-corrected chi connectivity index (χ3v) is 6.32. The Kier molecular flexibility index (Phi) is 8.63. The Morgan fingerprint density at radius 1 is 0.906 bits per heavy atom. The Labute approximate surface area is 194 Å². The van der Waals surface area contributed by atoms with Gasteiger partial charge in [-0.3, -0.25) is 0 Å². The molecule has 4 nitrogen and oxygen atoms in total. The molecular weight excluding hydrogens is 420 g/mol. The number of benzene rings is 3. The predicted molar refractivity (Wildman–Crippen MR) is 130 cm³/mol. The van der Waals surface area contributed by atoms with Gasteiger partial charge in [-0.15, -0.1) is 0 Å². The van der Waals surface area contributed by atoms with Crippen LogP contribution in [0.1, 0.15) is 32.3 Å². The predicted octanol–water partition coefficient (Wildman–Crippen LogP) is 7.09. The summed E-state index contributed by atoms with van der Waals surface area (Å²) < 4.78 is 11.5. The first-order chi connectivity index (χ1) is 15.5. The van der Waals surface area contributed by atoms with Gasteiger partial charge >= 0.3 is 5.97 Å². The van der Waals surface area contributed by atoms with Gasteiger partial charge in [-0.2, -0.15) is 0 Å². The van der Waals surface area contributed by atoms with Crippen LogP contribution < -0.4 is 9.47 Å². The molecule has 3 aromatic rings. The molecule has 0 saturated heterocycles. The van der Waals surface area contributed by atoms with Crippen LogP contribution in [0, 0.1) is 12.8 Å². The molecular formula is C27H30O4S. The molecule has 0 aromatic heterocycles. The number of carboxylic acid groups (broad SMARTS) is 1. The van der Waals surface area contributed by atoms with E-state index in [1.807, 2.05) is 43.3 Å². The number of ether oxygens (including phenoxy) is 2. The van der Waals surface area contributed by atoms with Gasteiger partial charge in [0.25, 0.3) is 0 Å². The fourth-order valence-electron chi connectivity index (χ4n) is 3.37. The monoisotopic (exact) mass is 450 g/mol. The minimum absolute atomic E-state index is 0.344. The zero-order valence-electron chi connectivity index (χ0n) is 18.8. The number of carboxylic acids is 1. The molecule has 32 heavy (non-hydrogen) atoms. The van der Waals surface area contributed by atoms with Crippen LogP contribution in [0.4, 0.5) is 0 Å². The minimum Gasteiger partial charge on any atom is -0.493 e. The molecule has 1 N–H and O–H groups in total. The van der Waals surface area contributed by atoms with Crippen molar-refractivity contribution in [2.45, 2.75) is 43.4 Å². The maximum Gasteiger partial charge on any atom is 0.341 e. The molecule has 5 heteroatoms. The van der Waals surface area contributed by atoms with Crippen molar-refractivity contribution in [3.8, 4) is 22.6 Å². The quantitative estimate of drug-likeness (QED) is 0.338. The molecule has 0 fully saturated rings. The average molecular weight is 451 g/mol. The summed E-state index contributed by atoms with van der Waals surface area (Å²) in [4.78, 5) is 12.9. The number of hydrogen-bond acceptors (Lipinski definition) is 4. The van der Waals surface area contributed by atoms with Gasteiger partial charge in [-0.25, -0.2) is 4.79 Å². The molecule has 0 amide bonds. The number of aryl methyl sites for hydroxylation is 1. The Morgan fingerprint density at radius 2 is 1.66 bits per heavy atom. The van der Waals surface area contributed by atoms with Gasteiger partial charge in [0.05, 0.1) is 6.61 Å². The van der Waals surface area contributed by atoms with Crippen molar-refractivity contribution >= 4 is 17.7 Å². The molecule has 168 valence electrons. The number of hydrogen-bond donors (Lipinski definition) is 1. The second-order valence-corrected chi connectivity index (χ2v) is 8.91. The van der Waals surface area contributed by atoms with Crippen LogP contribution >= 0.6 is 11.8 Å². The summed E-state index contributed by atoms with van der Waals surface area (Å²) in [5, 5.41) is 8.83. The van der Waals surface area contributed by atoms with E-state index in [0.29, 0.717) is 18.3 Å². The summed E-state index contributed by atoms with van der Waals surface area (Å²) in [7, 11) is 0. The summed E-state index contributed by atoms with van der Waals surface area (Å²) >= 11 is 1.65. The van der Waals surface area contributed by atoms with Crippen LogP contribution in [-0.2, 0) is 4.79 Å². The van der Waals surface area contributed by atoms with Gasteiger partial charge < -0.3 is 14.6 Å². The van der Waals surface area contributed by atoms with Crippen molar-refractivity contribution in [1.82, 2.24) is 0 Å². The third kappa shape index (κ3) is 6.79. The molecule has 0 spiro atoms. The lowest BCUT2D eigenvalue weighted by molar-refractivity contribution is -0.139. The molecule has 0 unspecified atom stereocenters. The third-order valence-electron chi connectivity index (χ3n) is 5.36. The van der Waals surface area contributed by atoms with Crippen molar-refractivity contribution in [3.05, 3.63) is 72.3 Å². The molecule has 0 bridgehead atoms. The number of rotatable bonds is 11. The molecule has 0 aliphatic carbocycles.